The summed E-state index contributed by atoms with van der Waals surface area (Å²) in [5, 5.41) is 34.0. The van der Waals surface area contributed by atoms with Gasteiger partial charge < -0.3 is 30.1 Å². The van der Waals surface area contributed by atoms with Crippen molar-refractivity contribution in [2.24, 2.45) is 17.8 Å². The number of aliphatic hydroxyl groups excluding tert-OH is 3. The van der Waals surface area contributed by atoms with Gasteiger partial charge in [0.1, 0.15) is 5.78 Å². The van der Waals surface area contributed by atoms with Gasteiger partial charge in [-0.25, -0.2) is 0 Å². The summed E-state index contributed by atoms with van der Waals surface area (Å²) in [6.45, 7) is 8.19. The van der Waals surface area contributed by atoms with Crippen molar-refractivity contribution in [3.8, 4) is 0 Å². The number of methoxy groups -OCH3 is 1. The van der Waals surface area contributed by atoms with Crippen LogP contribution in [-0.2, 0) is 23.9 Å². The molecule has 0 aliphatic carbocycles. The van der Waals surface area contributed by atoms with Crippen molar-refractivity contribution in [3.05, 3.63) is 23.8 Å². The highest BCUT2D eigenvalue weighted by Crippen LogP contribution is 2.21. The first-order valence-electron chi connectivity index (χ1n) is 16.4. The van der Waals surface area contributed by atoms with Gasteiger partial charge in [0.25, 0.3) is 5.91 Å². The number of carbonyl (C=O) groups is 3. The van der Waals surface area contributed by atoms with Crippen LogP contribution in [0.5, 0.6) is 0 Å². The number of β-amino-alcohol motifs (C(OH)–C–C–N with tert-alkyl or cyclic N) is 1. The molecule has 1 amide bonds. The fourth-order valence-corrected chi connectivity index (χ4v) is 5.38. The van der Waals surface area contributed by atoms with Crippen LogP contribution in [0.1, 0.15) is 111 Å². The molecule has 1 aliphatic heterocycles. The number of ketones is 1. The first kappa shape index (κ1) is 39.0. The monoisotopic (exact) mass is 609 g/mol. The van der Waals surface area contributed by atoms with E-state index in [9.17, 15) is 29.7 Å². The van der Waals surface area contributed by atoms with E-state index in [-0.39, 0.29) is 31.2 Å². The molecule has 0 aromatic rings. The zero-order valence-corrected chi connectivity index (χ0v) is 27.3. The predicted octanol–water partition coefficient (Wildman–Crippen LogP) is 4.81. The Labute approximate surface area is 259 Å². The fraction of sp³-hybridized carbons (Fsp3) is 0.794. The molecule has 0 fully saturated rings. The SMILES string of the molecule is CCC[C@@H]1OC(=O)[C@@H](C)C[C@H](C)CCCCC(=O)CCC[C@@H](C)/C=C/C=C(\COC)CC[C@@H](O)[C@@H](O)C[C@H](O)CNC1=O. The number of ether oxygens (including phenoxy) is 2. The number of Topliss-reactive ketones (excluding diaryl/α,β-unsaturated/α-hetero) is 1. The number of esters is 1. The minimum Gasteiger partial charge on any atom is -0.452 e. The van der Waals surface area contributed by atoms with E-state index in [1.54, 1.807) is 7.11 Å². The summed E-state index contributed by atoms with van der Waals surface area (Å²) in [6, 6.07) is 0. The number of nitrogens with one attached hydrogen (secondary N) is 1. The molecule has 0 saturated heterocycles. The Morgan fingerprint density at radius 3 is 2.35 bits per heavy atom. The van der Waals surface area contributed by atoms with Gasteiger partial charge in [-0.15, -0.1) is 0 Å². The highest BCUT2D eigenvalue weighted by Gasteiger charge is 2.27. The third-order valence-corrected chi connectivity index (χ3v) is 8.11. The molecule has 43 heavy (non-hydrogen) atoms. The quantitative estimate of drug-likeness (QED) is 0.333. The van der Waals surface area contributed by atoms with E-state index in [0.717, 1.165) is 37.7 Å². The van der Waals surface area contributed by atoms with Gasteiger partial charge in [-0.1, -0.05) is 65.2 Å². The number of hydrogen-bond donors (Lipinski definition) is 4. The molecule has 0 unspecified atom stereocenters. The molecule has 1 heterocycles. The van der Waals surface area contributed by atoms with E-state index in [1.165, 1.54) is 0 Å². The van der Waals surface area contributed by atoms with Gasteiger partial charge in [-0.05, 0) is 62.4 Å². The van der Waals surface area contributed by atoms with Crippen LogP contribution in [0.2, 0.25) is 0 Å². The molecule has 248 valence electrons. The van der Waals surface area contributed by atoms with E-state index >= 15 is 0 Å². The van der Waals surface area contributed by atoms with Crippen LogP contribution < -0.4 is 5.32 Å². The Hall–Kier alpha value is -2.07. The number of carbonyl (C=O) groups excluding carboxylic acids is 3. The fourth-order valence-electron chi connectivity index (χ4n) is 5.38. The van der Waals surface area contributed by atoms with Crippen molar-refractivity contribution in [2.45, 2.75) is 136 Å². The highest BCUT2D eigenvalue weighted by atomic mass is 16.5. The predicted molar refractivity (Wildman–Crippen MR) is 168 cm³/mol. The first-order chi connectivity index (χ1) is 20.5. The second kappa shape index (κ2) is 22.4. The van der Waals surface area contributed by atoms with Gasteiger partial charge in [0, 0.05) is 32.9 Å². The molecule has 9 nitrogen and oxygen atoms in total. The largest absolute Gasteiger partial charge is 0.452 e. The third-order valence-electron chi connectivity index (χ3n) is 8.11. The lowest BCUT2D eigenvalue weighted by Gasteiger charge is -2.23. The Morgan fingerprint density at radius 1 is 0.930 bits per heavy atom. The first-order valence-corrected chi connectivity index (χ1v) is 16.4. The molecule has 1 aliphatic rings. The Balaban J connectivity index is 2.92. The normalized spacial score (nSPS) is 33.3. The zero-order valence-electron chi connectivity index (χ0n) is 27.3. The lowest BCUT2D eigenvalue weighted by Crippen LogP contribution is -2.43. The Kier molecular flexibility index (Phi) is 20.3. The molecular weight excluding hydrogens is 550 g/mol. The standard InChI is InChI=1S/C34H59NO8/c1-6-11-32-33(40)35-22-29(37)21-31(39)30(38)19-18-27(23-42-5)15-9-13-24(2)14-10-17-28(36)16-8-7-12-25(3)20-26(4)34(41)43-32/h9,13,15,24-26,29-32,37-39H,6-8,10-12,14,16-23H2,1-5H3,(H,35,40)/b13-9+,27-15-/t24-,25+,26-,29-,30+,31-,32-/m0/s1. The number of allylic oxidation sites excluding steroid dienone is 3. The molecule has 0 aromatic heterocycles. The van der Waals surface area contributed by atoms with Crippen molar-refractivity contribution >= 4 is 17.7 Å². The zero-order chi connectivity index (χ0) is 32.2. The Bertz CT molecular complexity index is 872. The van der Waals surface area contributed by atoms with Crippen molar-refractivity contribution in [3.63, 3.8) is 0 Å². The summed E-state index contributed by atoms with van der Waals surface area (Å²) in [5.74, 6) is -0.377. The van der Waals surface area contributed by atoms with E-state index < -0.39 is 36.3 Å². The average Bonchev–Trinajstić information content (AvgIpc) is 2.95. The van der Waals surface area contributed by atoms with E-state index in [4.69, 9.17) is 9.47 Å². The van der Waals surface area contributed by atoms with Crippen LogP contribution in [0.3, 0.4) is 0 Å². The van der Waals surface area contributed by atoms with Crippen LogP contribution in [0.15, 0.2) is 23.8 Å². The molecule has 1 rings (SSSR count). The lowest BCUT2D eigenvalue weighted by atomic mass is 9.92. The smallest absolute Gasteiger partial charge is 0.309 e. The maximum Gasteiger partial charge on any atom is 0.309 e. The van der Waals surface area contributed by atoms with E-state index in [0.29, 0.717) is 56.8 Å². The van der Waals surface area contributed by atoms with Crippen LogP contribution in [-0.4, -0.2) is 77.7 Å². The topological polar surface area (TPSA) is 142 Å². The van der Waals surface area contributed by atoms with Gasteiger partial charge in [0.05, 0.1) is 30.8 Å². The lowest BCUT2D eigenvalue weighted by molar-refractivity contribution is -0.160. The molecular formula is C34H59NO8. The van der Waals surface area contributed by atoms with Crippen LogP contribution in [0.25, 0.3) is 0 Å². The van der Waals surface area contributed by atoms with Crippen LogP contribution in [0.4, 0.5) is 0 Å². The summed E-state index contributed by atoms with van der Waals surface area (Å²) in [7, 11) is 1.60. The molecule has 0 saturated carbocycles. The Morgan fingerprint density at radius 2 is 1.65 bits per heavy atom. The molecule has 4 N–H and O–H groups in total. The summed E-state index contributed by atoms with van der Waals surface area (Å²) < 4.78 is 10.9. The van der Waals surface area contributed by atoms with Crippen molar-refractivity contribution < 1.29 is 39.2 Å². The maximum absolute atomic E-state index is 12.8. The minimum absolute atomic E-state index is 0.113. The molecule has 0 spiro atoms. The van der Waals surface area contributed by atoms with Gasteiger partial charge in [0.15, 0.2) is 6.10 Å². The summed E-state index contributed by atoms with van der Waals surface area (Å²) in [6.07, 6.45) is 9.73. The van der Waals surface area contributed by atoms with Crippen molar-refractivity contribution in [1.82, 2.24) is 5.32 Å². The van der Waals surface area contributed by atoms with Crippen LogP contribution in [0, 0.1) is 17.8 Å². The van der Waals surface area contributed by atoms with Crippen molar-refractivity contribution in [2.75, 3.05) is 20.3 Å². The second-order valence-corrected chi connectivity index (χ2v) is 12.6. The van der Waals surface area contributed by atoms with Crippen molar-refractivity contribution in [1.29, 1.82) is 0 Å². The molecule has 0 radical (unpaired) electrons. The summed E-state index contributed by atoms with van der Waals surface area (Å²) >= 11 is 0. The van der Waals surface area contributed by atoms with Gasteiger partial charge >= 0.3 is 5.97 Å². The molecule has 9 heteroatoms. The van der Waals surface area contributed by atoms with Gasteiger partial charge in [-0.3, -0.25) is 14.4 Å². The van der Waals surface area contributed by atoms with Crippen LogP contribution >= 0.6 is 0 Å². The molecule has 0 bridgehead atoms. The van der Waals surface area contributed by atoms with E-state index in [2.05, 4.69) is 25.2 Å². The van der Waals surface area contributed by atoms with E-state index in [1.807, 2.05) is 26.0 Å². The van der Waals surface area contributed by atoms with Gasteiger partial charge in [0.2, 0.25) is 0 Å². The molecule has 7 atom stereocenters. The average molecular weight is 610 g/mol. The summed E-state index contributed by atoms with van der Waals surface area (Å²) in [5.41, 5.74) is 0.966. The number of hydrogen-bond acceptors (Lipinski definition) is 8. The maximum atomic E-state index is 12.8. The number of cyclic esters (lactones) is 1. The third kappa shape index (κ3) is 17.7. The minimum atomic E-state index is -1.17. The number of rotatable bonds is 4. The summed E-state index contributed by atoms with van der Waals surface area (Å²) in [4.78, 5) is 38.0. The second-order valence-electron chi connectivity index (χ2n) is 12.6. The highest BCUT2D eigenvalue weighted by molar-refractivity contribution is 5.84. The molecule has 0 aromatic carbocycles. The number of amides is 1. The van der Waals surface area contributed by atoms with Gasteiger partial charge in [-0.2, -0.15) is 0 Å². The number of aliphatic hydroxyl groups is 3.